The minimum absolute atomic E-state index is 0.791. The van der Waals surface area contributed by atoms with Gasteiger partial charge in [0.1, 0.15) is 0 Å². The van der Waals surface area contributed by atoms with Gasteiger partial charge in [-0.3, -0.25) is 4.98 Å². The fourth-order valence-electron chi connectivity index (χ4n) is 1.75. The monoisotopic (exact) mass is 199 g/mol. The fraction of sp³-hybridized carbons (Fsp3) is 0.333. The van der Waals surface area contributed by atoms with Crippen molar-refractivity contribution < 1.29 is 0 Å². The van der Waals surface area contributed by atoms with Crippen LogP contribution in [0.3, 0.4) is 0 Å². The Bertz CT molecular complexity index is 426. The molecule has 0 unspecified atom stereocenters. The van der Waals surface area contributed by atoms with Crippen LogP contribution in [-0.2, 0) is 6.54 Å². The molecule has 2 aromatic rings. The predicted octanol–water partition coefficient (Wildman–Crippen LogP) is 2.20. The lowest BCUT2D eigenvalue weighted by Gasteiger charge is -2.02. The van der Waals surface area contributed by atoms with Crippen molar-refractivity contribution >= 4 is 0 Å². The molecule has 0 atom stereocenters. The summed E-state index contributed by atoms with van der Waals surface area (Å²) in [6, 6.07) is 4.32. The van der Waals surface area contributed by atoms with Crippen molar-refractivity contribution in [3.8, 4) is 0 Å². The first-order valence-corrected chi connectivity index (χ1v) is 5.32. The SMILES string of the molecule is c1cn(Cc2ccc(C3CC3)cn2)cn1. The molecule has 0 saturated heterocycles. The Labute approximate surface area is 88.8 Å². The summed E-state index contributed by atoms with van der Waals surface area (Å²) in [5.41, 5.74) is 2.49. The number of imidazole rings is 1. The first-order valence-electron chi connectivity index (χ1n) is 5.32. The van der Waals surface area contributed by atoms with Gasteiger partial charge in [0.25, 0.3) is 0 Å². The number of nitrogens with zero attached hydrogens (tertiary/aromatic N) is 3. The van der Waals surface area contributed by atoms with E-state index in [1.807, 2.05) is 23.3 Å². The summed E-state index contributed by atoms with van der Waals surface area (Å²) >= 11 is 0. The Kier molecular flexibility index (Phi) is 2.02. The van der Waals surface area contributed by atoms with Crippen LogP contribution in [0.1, 0.15) is 30.0 Å². The number of aromatic nitrogens is 3. The molecule has 2 aromatic heterocycles. The van der Waals surface area contributed by atoms with Gasteiger partial charge < -0.3 is 4.57 Å². The van der Waals surface area contributed by atoms with E-state index in [1.54, 1.807) is 6.20 Å². The molecule has 0 amide bonds. The molecular weight excluding hydrogens is 186 g/mol. The lowest BCUT2D eigenvalue weighted by atomic mass is 10.2. The van der Waals surface area contributed by atoms with Crippen molar-refractivity contribution in [3.63, 3.8) is 0 Å². The van der Waals surface area contributed by atoms with E-state index in [1.165, 1.54) is 18.4 Å². The second-order valence-corrected chi connectivity index (χ2v) is 4.09. The van der Waals surface area contributed by atoms with Crippen LogP contribution in [0.2, 0.25) is 0 Å². The van der Waals surface area contributed by atoms with Gasteiger partial charge in [-0.25, -0.2) is 4.98 Å². The highest BCUT2D eigenvalue weighted by Crippen LogP contribution is 2.39. The average molecular weight is 199 g/mol. The molecular formula is C12H13N3. The second-order valence-electron chi connectivity index (χ2n) is 4.09. The Morgan fingerprint density at radius 2 is 2.27 bits per heavy atom. The molecule has 1 aliphatic rings. The van der Waals surface area contributed by atoms with E-state index < -0.39 is 0 Å². The van der Waals surface area contributed by atoms with Gasteiger partial charge in [-0.2, -0.15) is 0 Å². The predicted molar refractivity (Wildman–Crippen MR) is 57.5 cm³/mol. The summed E-state index contributed by atoms with van der Waals surface area (Å²) in [7, 11) is 0. The fourth-order valence-corrected chi connectivity index (χ4v) is 1.75. The van der Waals surface area contributed by atoms with Crippen molar-refractivity contribution in [2.45, 2.75) is 25.3 Å². The van der Waals surface area contributed by atoms with Gasteiger partial charge in [0.2, 0.25) is 0 Å². The van der Waals surface area contributed by atoms with Crippen molar-refractivity contribution in [1.82, 2.24) is 14.5 Å². The molecule has 0 spiro atoms. The van der Waals surface area contributed by atoms with Crippen LogP contribution in [0.4, 0.5) is 0 Å². The first kappa shape index (κ1) is 8.65. The number of hydrogen-bond donors (Lipinski definition) is 0. The van der Waals surface area contributed by atoms with Crippen molar-refractivity contribution in [3.05, 3.63) is 48.3 Å². The number of rotatable bonds is 3. The maximum atomic E-state index is 4.47. The second kappa shape index (κ2) is 3.50. The topological polar surface area (TPSA) is 30.7 Å². The summed E-state index contributed by atoms with van der Waals surface area (Å²) in [6.07, 6.45) is 10.3. The number of hydrogen-bond acceptors (Lipinski definition) is 2. The smallest absolute Gasteiger partial charge is 0.0949 e. The maximum absolute atomic E-state index is 4.47. The molecule has 15 heavy (non-hydrogen) atoms. The zero-order valence-electron chi connectivity index (χ0n) is 8.50. The minimum Gasteiger partial charge on any atom is -0.331 e. The lowest BCUT2D eigenvalue weighted by Crippen LogP contribution is -1.99. The molecule has 3 heteroatoms. The summed E-state index contributed by atoms with van der Waals surface area (Å²) < 4.78 is 2.03. The molecule has 0 bridgehead atoms. The Hall–Kier alpha value is -1.64. The molecule has 2 heterocycles. The van der Waals surface area contributed by atoms with Crippen molar-refractivity contribution in [2.24, 2.45) is 0 Å². The normalized spacial score (nSPS) is 15.5. The molecule has 3 nitrogen and oxygen atoms in total. The Balaban J connectivity index is 1.75. The lowest BCUT2D eigenvalue weighted by molar-refractivity contribution is 0.771. The Morgan fingerprint density at radius 1 is 1.33 bits per heavy atom. The zero-order valence-corrected chi connectivity index (χ0v) is 8.50. The van der Waals surface area contributed by atoms with E-state index in [4.69, 9.17) is 0 Å². The third kappa shape index (κ3) is 1.91. The highest BCUT2D eigenvalue weighted by Gasteiger charge is 2.23. The van der Waals surface area contributed by atoms with Gasteiger partial charge in [-0.05, 0) is 30.4 Å². The number of pyridine rings is 1. The van der Waals surface area contributed by atoms with E-state index in [-0.39, 0.29) is 0 Å². The van der Waals surface area contributed by atoms with Crippen LogP contribution in [0.5, 0.6) is 0 Å². The van der Waals surface area contributed by atoms with Crippen LogP contribution < -0.4 is 0 Å². The summed E-state index contributed by atoms with van der Waals surface area (Å²) in [4.78, 5) is 8.48. The standard InChI is InChI=1S/C12H13N3/c1-2-10(1)11-3-4-12(14-7-11)8-15-6-5-13-9-15/h3-7,9-10H,1-2,8H2. The van der Waals surface area contributed by atoms with Gasteiger partial charge in [-0.1, -0.05) is 6.07 Å². The third-order valence-corrected chi connectivity index (χ3v) is 2.80. The van der Waals surface area contributed by atoms with Crippen LogP contribution in [0.25, 0.3) is 0 Å². The molecule has 0 radical (unpaired) electrons. The molecule has 76 valence electrons. The average Bonchev–Trinajstić information content (AvgIpc) is 2.99. The van der Waals surface area contributed by atoms with E-state index in [0.717, 1.165) is 18.2 Å². The van der Waals surface area contributed by atoms with Crippen molar-refractivity contribution in [1.29, 1.82) is 0 Å². The van der Waals surface area contributed by atoms with E-state index >= 15 is 0 Å². The molecule has 0 N–H and O–H groups in total. The summed E-state index contributed by atoms with van der Waals surface area (Å²) in [6.45, 7) is 0.810. The highest BCUT2D eigenvalue weighted by atomic mass is 15.0. The van der Waals surface area contributed by atoms with E-state index in [2.05, 4.69) is 22.1 Å². The van der Waals surface area contributed by atoms with E-state index in [9.17, 15) is 0 Å². The van der Waals surface area contributed by atoms with Crippen LogP contribution in [-0.4, -0.2) is 14.5 Å². The first-order chi connectivity index (χ1) is 7.42. The van der Waals surface area contributed by atoms with Crippen LogP contribution in [0.15, 0.2) is 37.1 Å². The Morgan fingerprint density at radius 3 is 2.87 bits per heavy atom. The van der Waals surface area contributed by atoms with Gasteiger partial charge in [-0.15, -0.1) is 0 Å². The molecule has 1 aliphatic carbocycles. The summed E-state index contributed by atoms with van der Waals surface area (Å²) in [5, 5.41) is 0. The quantitative estimate of drug-likeness (QED) is 0.758. The van der Waals surface area contributed by atoms with Crippen LogP contribution >= 0.6 is 0 Å². The molecule has 3 rings (SSSR count). The van der Waals surface area contributed by atoms with Gasteiger partial charge in [0, 0.05) is 18.6 Å². The molecule has 0 aromatic carbocycles. The maximum Gasteiger partial charge on any atom is 0.0949 e. The molecule has 1 saturated carbocycles. The highest BCUT2D eigenvalue weighted by molar-refractivity contribution is 5.22. The van der Waals surface area contributed by atoms with Crippen molar-refractivity contribution in [2.75, 3.05) is 0 Å². The summed E-state index contributed by atoms with van der Waals surface area (Å²) in [5.74, 6) is 0.791. The van der Waals surface area contributed by atoms with E-state index in [0.29, 0.717) is 0 Å². The zero-order chi connectivity index (χ0) is 10.1. The van der Waals surface area contributed by atoms with Gasteiger partial charge in [0.15, 0.2) is 0 Å². The van der Waals surface area contributed by atoms with Crippen LogP contribution in [0, 0.1) is 0 Å². The molecule has 0 aliphatic heterocycles. The largest absolute Gasteiger partial charge is 0.331 e. The van der Waals surface area contributed by atoms with Gasteiger partial charge in [0.05, 0.1) is 18.6 Å². The van der Waals surface area contributed by atoms with Gasteiger partial charge >= 0.3 is 0 Å². The molecule has 1 fully saturated rings. The minimum atomic E-state index is 0.791. The third-order valence-electron chi connectivity index (χ3n) is 2.80.